The molecule has 2 aromatic rings. The van der Waals surface area contributed by atoms with E-state index in [0.29, 0.717) is 25.7 Å². The van der Waals surface area contributed by atoms with Gasteiger partial charge in [-0.15, -0.1) is 11.3 Å². The zero-order valence-electron chi connectivity index (χ0n) is 18.1. The molecular weight excluding hydrogens is 400 g/mol. The minimum absolute atomic E-state index is 0.554. The molecule has 0 aliphatic carbocycles. The van der Waals surface area contributed by atoms with Crippen LogP contribution in [0.3, 0.4) is 0 Å². The van der Waals surface area contributed by atoms with Gasteiger partial charge < -0.3 is 24.8 Å². The van der Waals surface area contributed by atoms with Gasteiger partial charge in [0.15, 0.2) is 17.5 Å². The Kier molecular flexibility index (Phi) is 8.77. The Morgan fingerprint density at radius 2 is 2.10 bits per heavy atom. The van der Waals surface area contributed by atoms with Gasteiger partial charge in [-0.05, 0) is 31.4 Å². The molecule has 30 heavy (non-hydrogen) atoms. The monoisotopic (exact) mass is 432 g/mol. The molecule has 8 heteroatoms. The smallest absolute Gasteiger partial charge is 0.196 e. The Hall–Kier alpha value is -2.32. The molecule has 0 spiro atoms. The number of fused-ring (bicyclic) bond motifs is 1. The molecule has 0 saturated carbocycles. The minimum Gasteiger partial charge on any atom is -0.490 e. The van der Waals surface area contributed by atoms with Crippen LogP contribution in [0.1, 0.15) is 37.3 Å². The van der Waals surface area contributed by atoms with E-state index in [-0.39, 0.29) is 0 Å². The van der Waals surface area contributed by atoms with E-state index in [0.717, 1.165) is 66.3 Å². The maximum atomic E-state index is 5.80. The second kappa shape index (κ2) is 11.8. The van der Waals surface area contributed by atoms with Crippen molar-refractivity contribution in [3.05, 3.63) is 34.3 Å². The molecule has 0 saturated heterocycles. The van der Waals surface area contributed by atoms with Crippen LogP contribution in [0, 0.1) is 12.8 Å². The molecule has 2 N–H and O–H groups in total. The maximum absolute atomic E-state index is 5.80. The first-order chi connectivity index (χ1) is 14.6. The molecule has 0 amide bonds. The summed E-state index contributed by atoms with van der Waals surface area (Å²) in [6.45, 7) is 10.6. The molecular formula is C22H32N4O3S. The number of thiazole rings is 1. The zero-order chi connectivity index (χ0) is 21.2. The molecule has 1 aliphatic rings. The van der Waals surface area contributed by atoms with E-state index in [2.05, 4.69) is 29.5 Å². The Bertz CT molecular complexity index is 822. The van der Waals surface area contributed by atoms with Gasteiger partial charge in [-0.2, -0.15) is 0 Å². The lowest BCUT2D eigenvalue weighted by Gasteiger charge is -2.15. The summed E-state index contributed by atoms with van der Waals surface area (Å²) < 4.78 is 17.2. The van der Waals surface area contributed by atoms with Crippen molar-refractivity contribution in [1.29, 1.82) is 0 Å². The van der Waals surface area contributed by atoms with Gasteiger partial charge in [0.1, 0.15) is 0 Å². The van der Waals surface area contributed by atoms with Crippen LogP contribution in [0.2, 0.25) is 0 Å². The normalized spacial score (nSPS) is 13.9. The summed E-state index contributed by atoms with van der Waals surface area (Å²) in [5.41, 5.74) is 3.79. The number of guanidine groups is 1. The molecule has 164 valence electrons. The van der Waals surface area contributed by atoms with Crippen LogP contribution in [-0.2, 0) is 11.3 Å². The molecule has 0 bridgehead atoms. The van der Waals surface area contributed by atoms with Crippen LogP contribution in [0.15, 0.2) is 28.7 Å². The second-order valence-corrected chi connectivity index (χ2v) is 8.55. The average molecular weight is 433 g/mol. The topological polar surface area (TPSA) is 77.0 Å². The van der Waals surface area contributed by atoms with Crippen molar-refractivity contribution in [2.45, 2.75) is 40.2 Å². The molecule has 7 nitrogen and oxygen atoms in total. The van der Waals surface area contributed by atoms with Crippen molar-refractivity contribution >= 4 is 23.0 Å². The lowest BCUT2D eigenvalue weighted by molar-refractivity contribution is 0.108. The number of ether oxygens (including phenoxy) is 3. The predicted molar refractivity (Wildman–Crippen MR) is 122 cm³/mol. The summed E-state index contributed by atoms with van der Waals surface area (Å²) in [6.07, 6.45) is 1.80. The number of aryl methyl sites for hydroxylation is 1. The van der Waals surface area contributed by atoms with E-state index in [1.54, 1.807) is 11.3 Å². The fourth-order valence-corrected chi connectivity index (χ4v) is 3.55. The molecule has 0 atom stereocenters. The van der Waals surface area contributed by atoms with Crippen molar-refractivity contribution in [2.75, 3.05) is 38.3 Å². The molecule has 0 unspecified atom stereocenters. The van der Waals surface area contributed by atoms with Gasteiger partial charge in [-0.1, -0.05) is 13.8 Å². The number of anilines is 1. The average Bonchev–Trinajstić information content (AvgIpc) is 2.99. The molecule has 0 fully saturated rings. The van der Waals surface area contributed by atoms with Crippen molar-refractivity contribution < 1.29 is 14.2 Å². The molecule has 0 radical (unpaired) electrons. The number of nitrogens with zero attached hydrogens (tertiary/aromatic N) is 2. The fraction of sp³-hybridized carbons (Fsp3) is 0.545. The van der Waals surface area contributed by atoms with E-state index >= 15 is 0 Å². The van der Waals surface area contributed by atoms with Crippen molar-refractivity contribution in [1.82, 2.24) is 10.3 Å². The summed E-state index contributed by atoms with van der Waals surface area (Å²) >= 11 is 1.63. The predicted octanol–water partition coefficient (Wildman–Crippen LogP) is 4.23. The van der Waals surface area contributed by atoms with Gasteiger partial charge in [0.05, 0.1) is 31.0 Å². The van der Waals surface area contributed by atoms with Crippen LogP contribution >= 0.6 is 11.3 Å². The summed E-state index contributed by atoms with van der Waals surface area (Å²) in [4.78, 5) is 10.2. The van der Waals surface area contributed by atoms with E-state index in [1.165, 1.54) is 0 Å². The largest absolute Gasteiger partial charge is 0.490 e. The maximum Gasteiger partial charge on any atom is 0.196 e. The van der Waals surface area contributed by atoms with Gasteiger partial charge in [0, 0.05) is 42.8 Å². The first-order valence-corrected chi connectivity index (χ1v) is 11.4. The third-order valence-electron chi connectivity index (χ3n) is 4.44. The number of benzene rings is 1. The number of nitrogens with one attached hydrogen (secondary N) is 2. The first-order valence-electron chi connectivity index (χ1n) is 10.5. The Morgan fingerprint density at radius 3 is 2.87 bits per heavy atom. The van der Waals surface area contributed by atoms with Crippen LogP contribution in [0.25, 0.3) is 0 Å². The van der Waals surface area contributed by atoms with Crippen LogP contribution < -0.4 is 20.1 Å². The Morgan fingerprint density at radius 1 is 1.27 bits per heavy atom. The van der Waals surface area contributed by atoms with E-state index in [9.17, 15) is 0 Å². The fourth-order valence-electron chi connectivity index (χ4n) is 2.85. The van der Waals surface area contributed by atoms with Crippen molar-refractivity contribution in [3.8, 4) is 11.5 Å². The third kappa shape index (κ3) is 7.18. The number of aliphatic imine (C=N–C) groups is 1. The summed E-state index contributed by atoms with van der Waals surface area (Å²) in [7, 11) is 0. The lowest BCUT2D eigenvalue weighted by Crippen LogP contribution is -2.32. The third-order valence-corrected chi connectivity index (χ3v) is 5.36. The molecule has 2 heterocycles. The minimum atomic E-state index is 0.554. The van der Waals surface area contributed by atoms with Gasteiger partial charge in [-0.25, -0.2) is 9.98 Å². The van der Waals surface area contributed by atoms with Crippen molar-refractivity contribution in [3.63, 3.8) is 0 Å². The highest BCUT2D eigenvalue weighted by Crippen LogP contribution is 2.32. The van der Waals surface area contributed by atoms with E-state index < -0.39 is 0 Å². The highest BCUT2D eigenvalue weighted by molar-refractivity contribution is 7.09. The number of aromatic nitrogens is 1. The number of hydrogen-bond acceptors (Lipinski definition) is 6. The SMILES string of the molecule is Cc1ncsc1CN=C(NCCCOCC(C)C)Nc1ccc2c(c1)OCCCO2. The first kappa shape index (κ1) is 22.4. The summed E-state index contributed by atoms with van der Waals surface area (Å²) in [5.74, 6) is 2.82. The summed E-state index contributed by atoms with van der Waals surface area (Å²) in [6, 6.07) is 5.88. The Balaban J connectivity index is 1.61. The molecule has 1 aromatic carbocycles. The second-order valence-electron chi connectivity index (χ2n) is 7.61. The highest BCUT2D eigenvalue weighted by atomic mass is 32.1. The quantitative estimate of drug-likeness (QED) is 0.351. The zero-order valence-corrected chi connectivity index (χ0v) is 18.9. The van der Waals surface area contributed by atoms with E-state index in [4.69, 9.17) is 19.2 Å². The highest BCUT2D eigenvalue weighted by Gasteiger charge is 2.11. The molecule has 1 aromatic heterocycles. The van der Waals surface area contributed by atoms with Crippen LogP contribution in [0.4, 0.5) is 5.69 Å². The van der Waals surface area contributed by atoms with Gasteiger partial charge in [-0.3, -0.25) is 0 Å². The molecule has 1 aliphatic heterocycles. The van der Waals surface area contributed by atoms with Crippen molar-refractivity contribution in [2.24, 2.45) is 10.9 Å². The summed E-state index contributed by atoms with van der Waals surface area (Å²) in [5, 5.41) is 6.79. The number of rotatable bonds is 9. The van der Waals surface area contributed by atoms with Crippen LogP contribution in [-0.4, -0.2) is 43.9 Å². The Labute approximate surface area is 182 Å². The van der Waals surface area contributed by atoms with E-state index in [1.807, 2.05) is 30.6 Å². The number of hydrogen-bond donors (Lipinski definition) is 2. The standard InChI is InChI=1S/C22H32N4O3S/c1-16(2)14-27-9-4-8-23-22(24-13-21-17(3)25-15-30-21)26-18-6-7-19-20(12-18)29-11-5-10-28-19/h6-7,12,15-16H,4-5,8-11,13-14H2,1-3H3,(H2,23,24,26). The molecule has 3 rings (SSSR count). The van der Waals surface area contributed by atoms with Gasteiger partial charge in [0.2, 0.25) is 0 Å². The van der Waals surface area contributed by atoms with Gasteiger partial charge >= 0.3 is 0 Å². The lowest BCUT2D eigenvalue weighted by atomic mass is 10.2. The van der Waals surface area contributed by atoms with Crippen LogP contribution in [0.5, 0.6) is 11.5 Å². The van der Waals surface area contributed by atoms with Gasteiger partial charge in [0.25, 0.3) is 0 Å².